The van der Waals surface area contributed by atoms with Crippen LogP contribution < -0.4 is 0 Å². The van der Waals surface area contributed by atoms with E-state index < -0.39 is 0 Å². The zero-order chi connectivity index (χ0) is 17.9. The fraction of sp³-hybridized carbons (Fsp3) is 0.409. The molecular weight excluding hydrogens is 322 g/mol. The fourth-order valence-electron chi connectivity index (χ4n) is 3.92. The Hall–Kier alpha value is -2.33. The van der Waals surface area contributed by atoms with Crippen LogP contribution in [0, 0.1) is 6.92 Å². The number of piperidine rings is 1. The monoisotopic (exact) mass is 349 g/mol. The predicted molar refractivity (Wildman–Crippen MR) is 104 cm³/mol. The van der Waals surface area contributed by atoms with Gasteiger partial charge < -0.3 is 4.42 Å². The van der Waals surface area contributed by atoms with Crippen LogP contribution in [-0.4, -0.2) is 28.2 Å². The first-order chi connectivity index (χ1) is 12.7. The van der Waals surface area contributed by atoms with Gasteiger partial charge in [-0.15, -0.1) is 0 Å². The Balaban J connectivity index is 1.50. The van der Waals surface area contributed by atoms with Crippen LogP contribution in [0.25, 0.3) is 11.1 Å². The Morgan fingerprint density at radius 1 is 1.15 bits per heavy atom. The molecule has 3 aromatic rings. The molecule has 1 aliphatic heterocycles. The maximum Gasteiger partial charge on any atom is 0.118 e. The molecule has 1 atom stereocenters. The van der Waals surface area contributed by atoms with E-state index in [4.69, 9.17) is 4.42 Å². The van der Waals surface area contributed by atoms with E-state index in [-0.39, 0.29) is 0 Å². The summed E-state index contributed by atoms with van der Waals surface area (Å²) in [6, 6.07) is 12.9. The Labute approximate surface area is 155 Å². The highest BCUT2D eigenvalue weighted by Crippen LogP contribution is 2.33. The van der Waals surface area contributed by atoms with E-state index in [1.807, 2.05) is 6.20 Å². The number of H-pyrrole nitrogens is 1. The second-order valence-corrected chi connectivity index (χ2v) is 7.36. The molecule has 1 aliphatic rings. The zero-order valence-corrected chi connectivity index (χ0v) is 15.7. The lowest BCUT2D eigenvalue weighted by atomic mass is 9.90. The minimum atomic E-state index is 0.489. The molecule has 2 aromatic heterocycles. The Morgan fingerprint density at radius 2 is 1.96 bits per heavy atom. The van der Waals surface area contributed by atoms with E-state index in [0.717, 1.165) is 37.6 Å². The molecule has 4 nitrogen and oxygen atoms in total. The number of aromatic nitrogens is 2. The van der Waals surface area contributed by atoms with E-state index in [0.29, 0.717) is 5.92 Å². The number of nitrogens with one attached hydrogen (secondary N) is 1. The first-order valence-electron chi connectivity index (χ1n) is 9.63. The Kier molecular flexibility index (Phi) is 4.93. The van der Waals surface area contributed by atoms with Crippen LogP contribution >= 0.6 is 0 Å². The van der Waals surface area contributed by atoms with Gasteiger partial charge in [0.05, 0.1) is 12.7 Å². The number of hydrogen-bond donors (Lipinski definition) is 1. The molecule has 0 amide bonds. The maximum atomic E-state index is 5.90. The van der Waals surface area contributed by atoms with Crippen LogP contribution in [0.3, 0.4) is 0 Å². The third-order valence-corrected chi connectivity index (χ3v) is 5.39. The van der Waals surface area contributed by atoms with Crippen molar-refractivity contribution < 1.29 is 4.42 Å². The number of rotatable bonds is 5. The maximum absolute atomic E-state index is 5.90. The summed E-state index contributed by atoms with van der Waals surface area (Å²) in [5.74, 6) is 2.64. The van der Waals surface area contributed by atoms with Crippen molar-refractivity contribution in [2.45, 2.75) is 45.6 Å². The minimum Gasteiger partial charge on any atom is -0.465 e. The fourth-order valence-corrected chi connectivity index (χ4v) is 3.92. The summed E-state index contributed by atoms with van der Waals surface area (Å²) in [5, 5.41) is 7.64. The molecule has 0 aliphatic carbocycles. The smallest absolute Gasteiger partial charge is 0.118 e. The van der Waals surface area contributed by atoms with Gasteiger partial charge in [-0.25, -0.2) is 0 Å². The van der Waals surface area contributed by atoms with Crippen molar-refractivity contribution in [1.29, 1.82) is 0 Å². The minimum absolute atomic E-state index is 0.489. The Bertz CT molecular complexity index is 846. The molecule has 1 aromatic carbocycles. The number of hydrogen-bond acceptors (Lipinski definition) is 3. The van der Waals surface area contributed by atoms with Crippen LogP contribution in [-0.2, 0) is 13.0 Å². The molecule has 0 radical (unpaired) electrons. The number of aryl methyl sites for hydroxylation is 2. The summed E-state index contributed by atoms with van der Waals surface area (Å²) in [6.45, 7) is 7.32. The van der Waals surface area contributed by atoms with E-state index in [1.165, 1.54) is 35.2 Å². The summed E-state index contributed by atoms with van der Waals surface area (Å²) in [7, 11) is 0. The van der Waals surface area contributed by atoms with Gasteiger partial charge in [-0.1, -0.05) is 36.8 Å². The second-order valence-electron chi connectivity index (χ2n) is 7.36. The topological polar surface area (TPSA) is 45.1 Å². The third kappa shape index (κ3) is 3.61. The summed E-state index contributed by atoms with van der Waals surface area (Å²) in [5.41, 5.74) is 5.04. The standard InChI is InChI=1S/C22H27N3O/c1-3-19-10-11-20(26-19)15-25-12-4-5-18(14-25)22-21(13-23-24-22)17-8-6-16(2)7-9-17/h6-11,13,18H,3-5,12,14-15H2,1-2H3,(H,23,24)/t18-/m1/s1. The van der Waals surface area contributed by atoms with Gasteiger partial charge >= 0.3 is 0 Å². The van der Waals surface area contributed by atoms with Gasteiger partial charge in [-0.05, 0) is 44.0 Å². The highest BCUT2D eigenvalue weighted by Gasteiger charge is 2.25. The number of nitrogens with zero attached hydrogens (tertiary/aromatic N) is 2. The number of furan rings is 1. The predicted octanol–water partition coefficient (Wildman–Crippen LogP) is 4.92. The van der Waals surface area contributed by atoms with Crippen molar-refractivity contribution in [3.63, 3.8) is 0 Å². The average Bonchev–Trinajstić information content (AvgIpc) is 3.32. The summed E-state index contributed by atoms with van der Waals surface area (Å²) in [6.07, 6.45) is 5.34. The van der Waals surface area contributed by atoms with Crippen molar-refractivity contribution in [2.24, 2.45) is 0 Å². The lowest BCUT2D eigenvalue weighted by Crippen LogP contribution is -2.34. The van der Waals surface area contributed by atoms with Crippen molar-refractivity contribution in [3.05, 3.63) is 65.4 Å². The molecule has 0 bridgehead atoms. The SMILES string of the molecule is CCc1ccc(CN2CCC[C@@H](c3[nH]ncc3-c3ccc(C)cc3)C2)o1. The summed E-state index contributed by atoms with van der Waals surface area (Å²) < 4.78 is 5.90. The van der Waals surface area contributed by atoms with E-state index in [2.05, 4.69) is 65.3 Å². The van der Waals surface area contributed by atoms with Crippen molar-refractivity contribution in [2.75, 3.05) is 13.1 Å². The van der Waals surface area contributed by atoms with Gasteiger partial charge in [0.25, 0.3) is 0 Å². The molecule has 1 saturated heterocycles. The van der Waals surface area contributed by atoms with Crippen LogP contribution in [0.2, 0.25) is 0 Å². The van der Waals surface area contributed by atoms with Crippen molar-refractivity contribution >= 4 is 0 Å². The molecular formula is C22H27N3O. The average molecular weight is 349 g/mol. The highest BCUT2D eigenvalue weighted by atomic mass is 16.3. The van der Waals surface area contributed by atoms with Gasteiger partial charge in [-0.3, -0.25) is 10.00 Å². The zero-order valence-electron chi connectivity index (χ0n) is 15.7. The largest absolute Gasteiger partial charge is 0.465 e. The molecule has 1 fully saturated rings. The molecule has 4 rings (SSSR count). The summed E-state index contributed by atoms with van der Waals surface area (Å²) in [4.78, 5) is 2.51. The first-order valence-corrected chi connectivity index (χ1v) is 9.63. The molecule has 0 spiro atoms. The lowest BCUT2D eigenvalue weighted by Gasteiger charge is -2.32. The Morgan fingerprint density at radius 3 is 2.73 bits per heavy atom. The summed E-state index contributed by atoms with van der Waals surface area (Å²) >= 11 is 0. The van der Waals surface area contributed by atoms with Crippen LogP contribution in [0.4, 0.5) is 0 Å². The van der Waals surface area contributed by atoms with Gasteiger partial charge in [0.15, 0.2) is 0 Å². The van der Waals surface area contributed by atoms with Gasteiger partial charge in [0.2, 0.25) is 0 Å². The number of benzene rings is 1. The molecule has 136 valence electrons. The number of aromatic amines is 1. The molecule has 1 N–H and O–H groups in total. The quantitative estimate of drug-likeness (QED) is 0.711. The van der Waals surface area contributed by atoms with Crippen LogP contribution in [0.15, 0.2) is 47.0 Å². The van der Waals surface area contributed by atoms with Gasteiger partial charge in [0.1, 0.15) is 11.5 Å². The van der Waals surface area contributed by atoms with Gasteiger partial charge in [0, 0.05) is 30.1 Å². The van der Waals surface area contributed by atoms with Gasteiger partial charge in [-0.2, -0.15) is 5.10 Å². The van der Waals surface area contributed by atoms with Crippen molar-refractivity contribution in [3.8, 4) is 11.1 Å². The van der Waals surface area contributed by atoms with Crippen LogP contribution in [0.5, 0.6) is 0 Å². The highest BCUT2D eigenvalue weighted by molar-refractivity contribution is 5.66. The second kappa shape index (κ2) is 7.50. The molecule has 3 heterocycles. The lowest BCUT2D eigenvalue weighted by molar-refractivity contribution is 0.184. The molecule has 0 unspecified atom stereocenters. The molecule has 26 heavy (non-hydrogen) atoms. The normalized spacial score (nSPS) is 18.3. The van der Waals surface area contributed by atoms with Crippen molar-refractivity contribution in [1.82, 2.24) is 15.1 Å². The van der Waals surface area contributed by atoms with E-state index >= 15 is 0 Å². The van der Waals surface area contributed by atoms with Crippen LogP contribution in [0.1, 0.15) is 48.5 Å². The van der Waals surface area contributed by atoms with E-state index in [9.17, 15) is 0 Å². The van der Waals surface area contributed by atoms with E-state index in [1.54, 1.807) is 0 Å². The third-order valence-electron chi connectivity index (χ3n) is 5.39. The number of likely N-dealkylation sites (tertiary alicyclic amines) is 1. The molecule has 0 saturated carbocycles. The first kappa shape index (κ1) is 17.1. The molecule has 4 heteroatoms.